The molecule has 0 spiro atoms. The lowest BCUT2D eigenvalue weighted by Crippen LogP contribution is -2.31. The van der Waals surface area contributed by atoms with Crippen LogP contribution in [0.25, 0.3) is 17.3 Å². The van der Waals surface area contributed by atoms with E-state index >= 15 is 0 Å². The molecule has 3 aromatic rings. The summed E-state index contributed by atoms with van der Waals surface area (Å²) in [5, 5.41) is 1.24. The van der Waals surface area contributed by atoms with Gasteiger partial charge in [0.2, 0.25) is 0 Å². The number of benzene rings is 2. The molecule has 1 aliphatic heterocycles. The Morgan fingerprint density at radius 2 is 1.85 bits per heavy atom. The number of fused-ring (bicyclic) bond motifs is 1. The van der Waals surface area contributed by atoms with Gasteiger partial charge in [0.1, 0.15) is 7.05 Å². The number of thioether (sulfide) groups is 1. The fourth-order valence-electron chi connectivity index (χ4n) is 3.13. The Labute approximate surface area is 158 Å². The number of rotatable bonds is 4. The average molecular weight is 361 g/mol. The topological polar surface area (TPSA) is 20.3 Å². The van der Waals surface area contributed by atoms with E-state index in [2.05, 4.69) is 64.9 Å². The molecule has 1 aliphatic rings. The van der Waals surface area contributed by atoms with Gasteiger partial charge < -0.3 is 9.32 Å². The van der Waals surface area contributed by atoms with Crippen molar-refractivity contribution in [2.24, 2.45) is 7.05 Å². The molecule has 130 valence electrons. The van der Waals surface area contributed by atoms with E-state index in [1.807, 2.05) is 43.1 Å². The van der Waals surface area contributed by atoms with E-state index < -0.39 is 0 Å². The number of hydrogen-bond acceptors (Lipinski definition) is 3. The highest BCUT2D eigenvalue weighted by Crippen LogP contribution is 2.45. The van der Waals surface area contributed by atoms with Crippen LogP contribution in [0.3, 0.4) is 0 Å². The van der Waals surface area contributed by atoms with Crippen LogP contribution in [0.5, 0.6) is 0 Å². The fourth-order valence-corrected chi connectivity index (χ4v) is 4.27. The first kappa shape index (κ1) is 16.7. The molecule has 0 saturated heterocycles. The zero-order valence-electron chi connectivity index (χ0n) is 14.9. The molecule has 0 saturated carbocycles. The lowest BCUT2D eigenvalue weighted by molar-refractivity contribution is -0.665. The van der Waals surface area contributed by atoms with E-state index in [-0.39, 0.29) is 0 Å². The average Bonchev–Trinajstić information content (AvgIpc) is 3.22. The van der Waals surface area contributed by atoms with Crippen molar-refractivity contribution in [3.05, 3.63) is 83.9 Å². The summed E-state index contributed by atoms with van der Waals surface area (Å²) < 4.78 is 7.82. The van der Waals surface area contributed by atoms with Crippen LogP contribution >= 0.6 is 11.8 Å². The standard InChI is InChI=1S/C22H21N2OS/c1-3-24-18-12-7-8-13-20(18)26-22(24)15-9-14-21-23(2)19(16-25-21)17-10-5-4-6-11-17/h4-16H,3H2,1-2H3/q+1. The number of allylic oxidation sites excluding steroid dienone is 2. The summed E-state index contributed by atoms with van der Waals surface area (Å²) in [5.41, 5.74) is 3.50. The maximum Gasteiger partial charge on any atom is 0.373 e. The van der Waals surface area contributed by atoms with Gasteiger partial charge in [-0.3, -0.25) is 0 Å². The molecular formula is C22H21N2OS+. The fraction of sp³-hybridized carbons (Fsp3) is 0.136. The summed E-state index contributed by atoms with van der Waals surface area (Å²) in [6, 6.07) is 18.8. The highest BCUT2D eigenvalue weighted by atomic mass is 32.2. The molecule has 0 unspecified atom stereocenters. The quantitative estimate of drug-likeness (QED) is 0.591. The number of hydrogen-bond donors (Lipinski definition) is 0. The third-order valence-electron chi connectivity index (χ3n) is 4.48. The van der Waals surface area contributed by atoms with Gasteiger partial charge in [0.25, 0.3) is 5.69 Å². The molecule has 0 N–H and O–H groups in total. The minimum absolute atomic E-state index is 0.823. The molecule has 2 aromatic carbocycles. The van der Waals surface area contributed by atoms with E-state index in [0.717, 1.165) is 23.7 Å². The van der Waals surface area contributed by atoms with Crippen LogP contribution in [-0.2, 0) is 7.05 Å². The van der Waals surface area contributed by atoms with Gasteiger partial charge in [-0.2, -0.15) is 4.57 Å². The third kappa shape index (κ3) is 3.08. The van der Waals surface area contributed by atoms with Crippen molar-refractivity contribution in [2.75, 3.05) is 11.4 Å². The predicted octanol–water partition coefficient (Wildman–Crippen LogP) is 5.26. The lowest BCUT2D eigenvalue weighted by atomic mass is 10.2. The van der Waals surface area contributed by atoms with Crippen molar-refractivity contribution in [3.8, 4) is 11.3 Å². The summed E-state index contributed by atoms with van der Waals surface area (Å²) in [5.74, 6) is 0.823. The maximum absolute atomic E-state index is 5.76. The van der Waals surface area contributed by atoms with Crippen molar-refractivity contribution >= 4 is 23.5 Å². The van der Waals surface area contributed by atoms with Crippen LogP contribution in [-0.4, -0.2) is 6.54 Å². The van der Waals surface area contributed by atoms with Gasteiger partial charge in [0.15, 0.2) is 6.26 Å². The first-order valence-corrected chi connectivity index (χ1v) is 9.55. The van der Waals surface area contributed by atoms with E-state index in [1.165, 1.54) is 15.6 Å². The normalized spacial score (nSPS) is 15.2. The van der Waals surface area contributed by atoms with Crippen LogP contribution in [0.4, 0.5) is 5.69 Å². The van der Waals surface area contributed by atoms with E-state index in [1.54, 1.807) is 6.26 Å². The molecule has 4 heteroatoms. The third-order valence-corrected chi connectivity index (χ3v) is 5.61. The number of aromatic nitrogens is 1. The second kappa shape index (κ2) is 7.26. The van der Waals surface area contributed by atoms with Crippen molar-refractivity contribution in [1.82, 2.24) is 0 Å². The SMILES string of the molecule is CCN1C(=CC=Cc2occ(-c3ccccc3)[n+]2C)Sc2ccccc21. The lowest BCUT2D eigenvalue weighted by Gasteiger charge is -2.17. The van der Waals surface area contributed by atoms with Crippen molar-refractivity contribution in [1.29, 1.82) is 0 Å². The van der Waals surface area contributed by atoms with Crippen molar-refractivity contribution < 1.29 is 8.98 Å². The minimum atomic E-state index is 0.823. The summed E-state index contributed by atoms with van der Waals surface area (Å²) in [6.07, 6.45) is 8.03. The van der Waals surface area contributed by atoms with Gasteiger partial charge in [-0.25, -0.2) is 0 Å². The number of oxazole rings is 1. The monoisotopic (exact) mass is 361 g/mol. The zero-order valence-corrected chi connectivity index (χ0v) is 15.7. The first-order chi connectivity index (χ1) is 12.8. The summed E-state index contributed by atoms with van der Waals surface area (Å²) in [4.78, 5) is 3.64. The van der Waals surface area contributed by atoms with Gasteiger partial charge >= 0.3 is 5.89 Å². The number of anilines is 1. The molecule has 1 aromatic heterocycles. The maximum atomic E-state index is 5.76. The van der Waals surface area contributed by atoms with Gasteiger partial charge in [-0.05, 0) is 43.3 Å². The number of para-hydroxylation sites is 1. The highest BCUT2D eigenvalue weighted by molar-refractivity contribution is 8.03. The second-order valence-electron chi connectivity index (χ2n) is 6.06. The predicted molar refractivity (Wildman–Crippen MR) is 108 cm³/mol. The van der Waals surface area contributed by atoms with Crippen molar-refractivity contribution in [2.45, 2.75) is 11.8 Å². The molecule has 4 rings (SSSR count). The Balaban J connectivity index is 1.56. The van der Waals surface area contributed by atoms with Gasteiger partial charge in [0.05, 0.1) is 16.8 Å². The van der Waals surface area contributed by atoms with Crippen LogP contribution in [0.1, 0.15) is 12.8 Å². The zero-order chi connectivity index (χ0) is 17.9. The molecular weight excluding hydrogens is 340 g/mol. The Morgan fingerprint density at radius 1 is 1.08 bits per heavy atom. The number of nitrogens with zero attached hydrogens (tertiary/aromatic N) is 2. The minimum Gasteiger partial charge on any atom is -0.406 e. The van der Waals surface area contributed by atoms with Crippen LogP contribution in [0, 0.1) is 0 Å². The van der Waals surface area contributed by atoms with Crippen molar-refractivity contribution in [3.63, 3.8) is 0 Å². The van der Waals surface area contributed by atoms with Gasteiger partial charge in [-0.1, -0.05) is 42.1 Å². The summed E-state index contributed by atoms with van der Waals surface area (Å²) in [6.45, 7) is 3.13. The molecule has 0 aliphatic carbocycles. The molecule has 3 nitrogen and oxygen atoms in total. The van der Waals surface area contributed by atoms with Crippen LogP contribution in [0.2, 0.25) is 0 Å². The molecule has 0 atom stereocenters. The van der Waals surface area contributed by atoms with E-state index in [9.17, 15) is 0 Å². The molecule has 26 heavy (non-hydrogen) atoms. The summed E-state index contributed by atoms with van der Waals surface area (Å²) in [7, 11) is 2.02. The Bertz CT molecular complexity index is 973. The van der Waals surface area contributed by atoms with E-state index in [4.69, 9.17) is 4.42 Å². The first-order valence-electron chi connectivity index (χ1n) is 8.73. The smallest absolute Gasteiger partial charge is 0.373 e. The highest BCUT2D eigenvalue weighted by Gasteiger charge is 2.22. The molecule has 2 heterocycles. The van der Waals surface area contributed by atoms with Gasteiger partial charge in [-0.15, -0.1) is 0 Å². The summed E-state index contributed by atoms with van der Waals surface area (Å²) >= 11 is 1.81. The molecule has 0 fully saturated rings. The Morgan fingerprint density at radius 3 is 2.65 bits per heavy atom. The second-order valence-corrected chi connectivity index (χ2v) is 7.12. The Hall–Kier alpha value is -2.72. The van der Waals surface area contributed by atoms with Crippen LogP contribution < -0.4 is 9.47 Å². The van der Waals surface area contributed by atoms with Gasteiger partial charge in [0, 0.05) is 17.0 Å². The largest absolute Gasteiger partial charge is 0.406 e. The van der Waals surface area contributed by atoms with Crippen LogP contribution in [0.15, 0.2) is 87.4 Å². The molecule has 0 bridgehead atoms. The van der Waals surface area contributed by atoms with E-state index in [0.29, 0.717) is 0 Å². The Kier molecular flexibility index (Phi) is 4.67. The molecule has 0 amide bonds. The molecule has 0 radical (unpaired) electrons.